The Labute approximate surface area is 166 Å². The molecule has 6 nitrogen and oxygen atoms in total. The Morgan fingerprint density at radius 1 is 1.18 bits per heavy atom. The number of hydrogen-bond acceptors (Lipinski definition) is 5. The van der Waals surface area contributed by atoms with Crippen LogP contribution in [0, 0.1) is 5.82 Å². The maximum Gasteiger partial charge on any atom is 0.240 e. The maximum absolute atomic E-state index is 13.4. The van der Waals surface area contributed by atoms with Crippen LogP contribution in [0.1, 0.15) is 30.8 Å². The van der Waals surface area contributed by atoms with Gasteiger partial charge in [0.25, 0.3) is 0 Å². The minimum absolute atomic E-state index is 0.149. The predicted octanol–water partition coefficient (Wildman–Crippen LogP) is 3.77. The first-order valence-corrected chi connectivity index (χ1v) is 10.0. The van der Waals surface area contributed by atoms with E-state index in [1.807, 2.05) is 35.0 Å². The van der Waals surface area contributed by atoms with Gasteiger partial charge in [0.05, 0.1) is 6.04 Å². The molecule has 0 bridgehead atoms. The quantitative estimate of drug-likeness (QED) is 0.686. The summed E-state index contributed by atoms with van der Waals surface area (Å²) in [7, 11) is 0. The zero-order chi connectivity index (χ0) is 19.5. The summed E-state index contributed by atoms with van der Waals surface area (Å²) in [4.78, 5) is 13.1. The molecule has 1 aliphatic rings. The van der Waals surface area contributed by atoms with E-state index >= 15 is 0 Å². The Balaban J connectivity index is 1.66. The number of aryl methyl sites for hydroxylation is 1. The van der Waals surface area contributed by atoms with Crippen molar-refractivity contribution in [2.45, 2.75) is 36.2 Å². The van der Waals surface area contributed by atoms with E-state index in [0.717, 1.165) is 29.9 Å². The minimum Gasteiger partial charge on any atom is -0.325 e. The summed E-state index contributed by atoms with van der Waals surface area (Å²) in [6.07, 6.45) is 1.71. The van der Waals surface area contributed by atoms with Gasteiger partial charge in [-0.2, -0.15) is 0 Å². The van der Waals surface area contributed by atoms with E-state index in [0.29, 0.717) is 5.16 Å². The molecule has 0 saturated heterocycles. The average Bonchev–Trinajstić information content (AvgIpc) is 3.11. The number of halogens is 1. The van der Waals surface area contributed by atoms with Gasteiger partial charge in [0.2, 0.25) is 11.1 Å². The first-order valence-electron chi connectivity index (χ1n) is 9.14. The summed E-state index contributed by atoms with van der Waals surface area (Å²) in [5.74, 6) is 0.359. The van der Waals surface area contributed by atoms with Crippen LogP contribution in [0.15, 0.2) is 59.8 Å². The van der Waals surface area contributed by atoms with Gasteiger partial charge in [-0.25, -0.2) is 9.07 Å². The Morgan fingerprint density at radius 3 is 2.64 bits per heavy atom. The molecule has 0 unspecified atom stereocenters. The summed E-state index contributed by atoms with van der Waals surface area (Å²) in [5.41, 5.74) is 4.92. The summed E-state index contributed by atoms with van der Waals surface area (Å²) in [5, 5.41) is 11.6. The molecule has 8 heteroatoms. The van der Waals surface area contributed by atoms with Crippen molar-refractivity contribution >= 4 is 23.4 Å². The Morgan fingerprint density at radius 2 is 1.93 bits per heavy atom. The molecule has 2 aromatic carbocycles. The maximum atomic E-state index is 13.4. The molecule has 3 aromatic rings. The number of para-hydroxylation sites is 1. The lowest BCUT2D eigenvalue weighted by molar-refractivity contribution is -0.116. The molecule has 1 aliphatic heterocycles. The van der Waals surface area contributed by atoms with Crippen LogP contribution in [0.25, 0.3) is 0 Å². The highest BCUT2D eigenvalue weighted by Gasteiger charge is 2.37. The van der Waals surface area contributed by atoms with Crippen molar-refractivity contribution in [2.24, 2.45) is 0 Å². The third-order valence-electron chi connectivity index (χ3n) is 4.51. The predicted molar refractivity (Wildman–Crippen MR) is 107 cm³/mol. The van der Waals surface area contributed by atoms with Crippen molar-refractivity contribution in [2.75, 3.05) is 10.7 Å². The van der Waals surface area contributed by atoms with Crippen LogP contribution < -0.4 is 10.7 Å². The van der Waals surface area contributed by atoms with Crippen LogP contribution in [0.2, 0.25) is 0 Å². The standard InChI is InChI=1S/C20H20FN5OS/c1-2-6-16-23-24-20-26(16)25-17(13-9-11-14(21)12-10-13)18(28-20)19(27)22-15-7-4-3-5-8-15/h3-5,7-12,17-18,25H,2,6H2,1H3,(H,22,27)/t17-,18+/m1/s1. The molecular formula is C20H20FN5OS. The molecule has 0 aliphatic carbocycles. The number of amides is 1. The SMILES string of the molecule is CCCc1nnc2n1N[C@H](c1ccc(F)cc1)[C@@H](C(=O)Nc1ccccc1)S2. The highest BCUT2D eigenvalue weighted by atomic mass is 32.2. The molecule has 0 fully saturated rings. The molecule has 2 N–H and O–H groups in total. The minimum atomic E-state index is -0.489. The number of carbonyl (C=O) groups is 1. The second kappa shape index (κ2) is 8.02. The second-order valence-electron chi connectivity index (χ2n) is 6.54. The van der Waals surface area contributed by atoms with Gasteiger partial charge in [-0.1, -0.05) is 49.0 Å². The molecular weight excluding hydrogens is 377 g/mol. The van der Waals surface area contributed by atoms with Crippen molar-refractivity contribution in [1.82, 2.24) is 14.9 Å². The molecule has 4 rings (SSSR count). The Bertz CT molecular complexity index is 960. The first-order chi connectivity index (χ1) is 13.7. The van der Waals surface area contributed by atoms with Gasteiger partial charge in [0.15, 0.2) is 5.82 Å². The second-order valence-corrected chi connectivity index (χ2v) is 7.64. The number of nitrogens with zero attached hydrogens (tertiary/aromatic N) is 3. The van der Waals surface area contributed by atoms with Crippen LogP contribution in [-0.4, -0.2) is 26.0 Å². The van der Waals surface area contributed by atoms with Gasteiger partial charge < -0.3 is 10.7 Å². The van der Waals surface area contributed by atoms with Gasteiger partial charge >= 0.3 is 0 Å². The number of aromatic nitrogens is 3. The van der Waals surface area contributed by atoms with E-state index in [1.54, 1.807) is 12.1 Å². The third kappa shape index (κ3) is 3.73. The molecule has 0 spiro atoms. The smallest absolute Gasteiger partial charge is 0.240 e. The van der Waals surface area contributed by atoms with Crippen molar-refractivity contribution in [1.29, 1.82) is 0 Å². The zero-order valence-corrected chi connectivity index (χ0v) is 16.1. The summed E-state index contributed by atoms with van der Waals surface area (Å²) in [6.45, 7) is 2.07. The van der Waals surface area contributed by atoms with Crippen molar-refractivity contribution in [3.63, 3.8) is 0 Å². The van der Waals surface area contributed by atoms with Gasteiger partial charge in [0.1, 0.15) is 11.1 Å². The van der Waals surface area contributed by atoms with Gasteiger partial charge in [0, 0.05) is 12.1 Å². The number of hydrogen-bond donors (Lipinski definition) is 2. The Kier molecular flexibility index (Phi) is 5.29. The lowest BCUT2D eigenvalue weighted by atomic mass is 10.0. The van der Waals surface area contributed by atoms with Gasteiger partial charge in [-0.05, 0) is 36.2 Å². The van der Waals surface area contributed by atoms with Crippen LogP contribution in [0.3, 0.4) is 0 Å². The monoisotopic (exact) mass is 397 g/mol. The summed E-state index contributed by atoms with van der Waals surface area (Å²) in [6, 6.07) is 15.2. The third-order valence-corrected chi connectivity index (χ3v) is 5.72. The van der Waals surface area contributed by atoms with E-state index in [4.69, 9.17) is 0 Å². The number of nitrogens with one attached hydrogen (secondary N) is 2. The average molecular weight is 397 g/mol. The fraction of sp³-hybridized carbons (Fsp3) is 0.250. The Hall–Kier alpha value is -2.87. The summed E-state index contributed by atoms with van der Waals surface area (Å²) >= 11 is 1.36. The van der Waals surface area contributed by atoms with E-state index in [-0.39, 0.29) is 17.8 Å². The van der Waals surface area contributed by atoms with Crippen LogP contribution in [0.5, 0.6) is 0 Å². The van der Waals surface area contributed by atoms with E-state index in [1.165, 1.54) is 23.9 Å². The summed E-state index contributed by atoms with van der Waals surface area (Å²) < 4.78 is 15.3. The molecule has 28 heavy (non-hydrogen) atoms. The zero-order valence-electron chi connectivity index (χ0n) is 15.3. The molecule has 1 aromatic heterocycles. The fourth-order valence-electron chi connectivity index (χ4n) is 3.14. The number of rotatable bonds is 5. The highest BCUT2D eigenvalue weighted by Crippen LogP contribution is 2.37. The molecule has 0 saturated carbocycles. The van der Waals surface area contributed by atoms with Gasteiger partial charge in [-0.15, -0.1) is 10.2 Å². The topological polar surface area (TPSA) is 71.8 Å². The van der Waals surface area contributed by atoms with Crippen LogP contribution >= 0.6 is 11.8 Å². The normalized spacial score (nSPS) is 18.2. The number of fused-ring (bicyclic) bond motifs is 1. The molecule has 0 radical (unpaired) electrons. The number of benzene rings is 2. The van der Waals surface area contributed by atoms with E-state index in [9.17, 15) is 9.18 Å². The van der Waals surface area contributed by atoms with Crippen molar-refractivity contribution < 1.29 is 9.18 Å². The number of carbonyl (C=O) groups excluding carboxylic acids is 1. The van der Waals surface area contributed by atoms with E-state index < -0.39 is 5.25 Å². The lowest BCUT2D eigenvalue weighted by Gasteiger charge is -2.33. The van der Waals surface area contributed by atoms with Crippen molar-refractivity contribution in [3.8, 4) is 0 Å². The van der Waals surface area contributed by atoms with Crippen LogP contribution in [-0.2, 0) is 11.2 Å². The fourth-order valence-corrected chi connectivity index (χ4v) is 4.24. The molecule has 2 heterocycles. The highest BCUT2D eigenvalue weighted by molar-refractivity contribution is 8.00. The van der Waals surface area contributed by atoms with E-state index in [2.05, 4.69) is 27.9 Å². The number of anilines is 1. The van der Waals surface area contributed by atoms with Crippen LogP contribution in [0.4, 0.5) is 10.1 Å². The molecule has 1 amide bonds. The lowest BCUT2D eigenvalue weighted by Crippen LogP contribution is -2.41. The number of thioether (sulfide) groups is 1. The first kappa shape index (κ1) is 18.5. The largest absolute Gasteiger partial charge is 0.325 e. The van der Waals surface area contributed by atoms with Crippen molar-refractivity contribution in [3.05, 3.63) is 71.8 Å². The van der Waals surface area contributed by atoms with Gasteiger partial charge in [-0.3, -0.25) is 4.79 Å². The molecule has 2 atom stereocenters. The molecule has 144 valence electrons.